The number of carbonyl (C=O) groups is 1. The van der Waals surface area contributed by atoms with E-state index in [0.29, 0.717) is 18.0 Å². The van der Waals surface area contributed by atoms with E-state index in [1.807, 2.05) is 25.3 Å². The van der Waals surface area contributed by atoms with Crippen molar-refractivity contribution in [2.45, 2.75) is 62.1 Å². The van der Waals surface area contributed by atoms with Crippen LogP contribution in [0.5, 0.6) is 0 Å². The molecule has 2 N–H and O–H groups in total. The first-order chi connectivity index (χ1) is 16.8. The molecule has 0 amide bonds. The lowest BCUT2D eigenvalue weighted by molar-refractivity contribution is 0.103. The highest BCUT2D eigenvalue weighted by Crippen LogP contribution is 2.36. The molecule has 35 heavy (non-hydrogen) atoms. The smallest absolute Gasteiger partial charge is 0.194 e. The van der Waals surface area contributed by atoms with Crippen LogP contribution in [-0.4, -0.2) is 48.2 Å². The SMILES string of the molecule is CCC(C)S(=O)(=O)c1ccccc1C(=O)c1ccc2c(c1)c(C1=CCN3CCCCC3C1)cn2N. The minimum absolute atomic E-state index is 0.100. The number of nitrogens with zero attached hydrogens (tertiary/aromatic N) is 2. The topological polar surface area (TPSA) is 85.4 Å². The molecule has 2 unspecified atom stereocenters. The average molecular weight is 492 g/mol. The van der Waals surface area contributed by atoms with Crippen LogP contribution >= 0.6 is 0 Å². The third-order valence-corrected chi connectivity index (χ3v) is 10.1. The molecule has 184 valence electrons. The molecule has 0 bridgehead atoms. The fourth-order valence-electron chi connectivity index (χ4n) is 5.46. The Morgan fingerprint density at radius 3 is 2.77 bits per heavy atom. The van der Waals surface area contributed by atoms with Crippen molar-refractivity contribution in [3.05, 3.63) is 71.4 Å². The van der Waals surface area contributed by atoms with Gasteiger partial charge >= 0.3 is 0 Å². The molecule has 2 aliphatic rings. The highest BCUT2D eigenvalue weighted by molar-refractivity contribution is 7.92. The molecule has 0 radical (unpaired) electrons. The second-order valence-electron chi connectivity index (χ2n) is 9.85. The summed E-state index contributed by atoms with van der Waals surface area (Å²) >= 11 is 0. The van der Waals surface area contributed by atoms with Gasteiger partial charge in [0.25, 0.3) is 0 Å². The number of fused-ring (bicyclic) bond motifs is 2. The molecule has 3 aromatic rings. The molecule has 0 aliphatic carbocycles. The number of aromatic nitrogens is 1. The average Bonchev–Trinajstić information content (AvgIpc) is 3.23. The summed E-state index contributed by atoms with van der Waals surface area (Å²) in [4.78, 5) is 16.3. The molecule has 1 fully saturated rings. The first-order valence-corrected chi connectivity index (χ1v) is 14.1. The monoisotopic (exact) mass is 491 g/mol. The standard InChI is InChI=1S/C28H33N3O3S/c1-3-19(2)35(33,34)27-10-5-4-9-23(27)28(32)21-11-12-26-24(17-21)25(18-31(26)29)20-13-15-30-14-7-6-8-22(30)16-20/h4-5,9-13,17-19,22H,3,6-8,14-16,29H2,1-2H3. The van der Waals surface area contributed by atoms with E-state index in [4.69, 9.17) is 5.84 Å². The number of nitrogen functional groups attached to an aromatic ring is 1. The zero-order chi connectivity index (χ0) is 24.7. The number of hydrogen-bond donors (Lipinski definition) is 1. The van der Waals surface area contributed by atoms with Gasteiger partial charge < -0.3 is 5.84 Å². The summed E-state index contributed by atoms with van der Waals surface area (Å²) in [5.41, 5.74) is 3.86. The Balaban J connectivity index is 1.55. The number of nitrogens with two attached hydrogens (primary N) is 1. The van der Waals surface area contributed by atoms with Gasteiger partial charge in [-0.15, -0.1) is 0 Å². The van der Waals surface area contributed by atoms with Gasteiger partial charge in [-0.3, -0.25) is 14.4 Å². The number of piperidine rings is 1. The molecule has 6 nitrogen and oxygen atoms in total. The summed E-state index contributed by atoms with van der Waals surface area (Å²) in [6.45, 7) is 5.62. The summed E-state index contributed by atoms with van der Waals surface area (Å²) < 4.78 is 27.9. The third-order valence-electron chi connectivity index (χ3n) is 7.76. The van der Waals surface area contributed by atoms with E-state index in [1.165, 1.54) is 30.9 Å². The largest absolute Gasteiger partial charge is 0.339 e. The summed E-state index contributed by atoms with van der Waals surface area (Å²) in [6.07, 6.45) is 9.45. The van der Waals surface area contributed by atoms with Crippen LogP contribution in [0, 0.1) is 0 Å². The predicted molar refractivity (Wildman–Crippen MR) is 141 cm³/mol. The Kier molecular flexibility index (Phi) is 6.32. The summed E-state index contributed by atoms with van der Waals surface area (Å²) in [7, 11) is -3.61. The normalized spacial score (nSPS) is 19.8. The van der Waals surface area contributed by atoms with E-state index < -0.39 is 15.1 Å². The van der Waals surface area contributed by atoms with Gasteiger partial charge in [-0.2, -0.15) is 0 Å². The number of rotatable bonds is 6. The van der Waals surface area contributed by atoms with Crippen molar-refractivity contribution in [1.82, 2.24) is 9.58 Å². The summed E-state index contributed by atoms with van der Waals surface area (Å²) in [5, 5.41) is 0.366. The molecule has 2 atom stereocenters. The maximum Gasteiger partial charge on any atom is 0.194 e. The molecule has 2 aliphatic heterocycles. The minimum Gasteiger partial charge on any atom is -0.339 e. The first kappa shape index (κ1) is 23.8. The fourth-order valence-corrected chi connectivity index (χ4v) is 7.07. The van der Waals surface area contributed by atoms with Crippen LogP contribution in [0.1, 0.15) is 67.4 Å². The number of benzene rings is 2. The van der Waals surface area contributed by atoms with Gasteiger partial charge in [0.05, 0.1) is 15.7 Å². The van der Waals surface area contributed by atoms with E-state index in [0.717, 1.165) is 36.0 Å². The Bertz CT molecular complexity index is 1420. The third kappa shape index (κ3) is 4.21. The van der Waals surface area contributed by atoms with E-state index in [1.54, 1.807) is 35.9 Å². The maximum absolute atomic E-state index is 13.6. The second-order valence-corrected chi connectivity index (χ2v) is 12.2. The Morgan fingerprint density at radius 2 is 1.97 bits per heavy atom. The van der Waals surface area contributed by atoms with Gasteiger partial charge in [0, 0.05) is 40.9 Å². The molecule has 5 rings (SSSR count). The van der Waals surface area contributed by atoms with Gasteiger partial charge in [0.1, 0.15) is 0 Å². The maximum atomic E-state index is 13.6. The van der Waals surface area contributed by atoms with Gasteiger partial charge in [-0.1, -0.05) is 31.6 Å². The minimum atomic E-state index is -3.61. The van der Waals surface area contributed by atoms with Crippen molar-refractivity contribution < 1.29 is 13.2 Å². The lowest BCUT2D eigenvalue weighted by Gasteiger charge is -2.38. The zero-order valence-electron chi connectivity index (χ0n) is 20.4. The van der Waals surface area contributed by atoms with Crippen LogP contribution < -0.4 is 5.84 Å². The van der Waals surface area contributed by atoms with Crippen molar-refractivity contribution in [3.63, 3.8) is 0 Å². The Morgan fingerprint density at radius 1 is 1.17 bits per heavy atom. The van der Waals surface area contributed by atoms with Crippen LogP contribution in [0.15, 0.2) is 59.6 Å². The van der Waals surface area contributed by atoms with Crippen LogP contribution in [-0.2, 0) is 9.84 Å². The van der Waals surface area contributed by atoms with Gasteiger partial charge in [-0.25, -0.2) is 8.42 Å². The zero-order valence-corrected chi connectivity index (χ0v) is 21.2. The number of sulfone groups is 1. The summed E-state index contributed by atoms with van der Waals surface area (Å²) in [5.74, 6) is 6.01. The molecular weight excluding hydrogens is 458 g/mol. The fraction of sp³-hybridized carbons (Fsp3) is 0.393. The van der Waals surface area contributed by atoms with Crippen molar-refractivity contribution in [3.8, 4) is 0 Å². The van der Waals surface area contributed by atoms with Crippen LogP contribution in [0.3, 0.4) is 0 Å². The molecule has 1 aromatic heterocycles. The highest BCUT2D eigenvalue weighted by Gasteiger charge is 2.29. The number of carbonyl (C=O) groups excluding carboxylic acids is 1. The number of ketones is 1. The Labute approximate surface area is 207 Å². The van der Waals surface area contributed by atoms with Gasteiger partial charge in [0.15, 0.2) is 15.6 Å². The van der Waals surface area contributed by atoms with E-state index in [9.17, 15) is 13.2 Å². The van der Waals surface area contributed by atoms with Crippen molar-refractivity contribution >= 4 is 32.1 Å². The van der Waals surface area contributed by atoms with E-state index in [2.05, 4.69) is 11.0 Å². The highest BCUT2D eigenvalue weighted by atomic mass is 32.2. The molecule has 0 spiro atoms. The molecule has 2 aromatic carbocycles. The molecule has 3 heterocycles. The van der Waals surface area contributed by atoms with Crippen LogP contribution in [0.2, 0.25) is 0 Å². The lowest BCUT2D eigenvalue weighted by Crippen LogP contribution is -2.41. The van der Waals surface area contributed by atoms with Crippen LogP contribution in [0.4, 0.5) is 0 Å². The summed E-state index contributed by atoms with van der Waals surface area (Å²) in [6, 6.07) is 12.6. The van der Waals surface area contributed by atoms with Crippen molar-refractivity contribution in [2.75, 3.05) is 18.9 Å². The second kappa shape index (κ2) is 9.28. The molecular formula is C28H33N3O3S. The molecule has 0 saturated carbocycles. The molecule has 7 heteroatoms. The van der Waals surface area contributed by atoms with Crippen molar-refractivity contribution in [1.29, 1.82) is 0 Å². The lowest BCUT2D eigenvalue weighted by atomic mass is 9.88. The van der Waals surface area contributed by atoms with Gasteiger partial charge in [-0.05, 0) is 75.1 Å². The molecule has 1 saturated heterocycles. The number of hydrogen-bond acceptors (Lipinski definition) is 5. The van der Waals surface area contributed by atoms with Crippen molar-refractivity contribution in [2.24, 2.45) is 0 Å². The predicted octanol–water partition coefficient (Wildman–Crippen LogP) is 4.80. The Hall–Kier alpha value is -2.90. The van der Waals surface area contributed by atoms with E-state index >= 15 is 0 Å². The van der Waals surface area contributed by atoms with Gasteiger partial charge in [0.2, 0.25) is 0 Å². The quantitative estimate of drug-likeness (QED) is 0.395. The van der Waals surface area contributed by atoms with Crippen LogP contribution in [0.25, 0.3) is 16.5 Å². The van der Waals surface area contributed by atoms with E-state index in [-0.39, 0.29) is 16.2 Å². The first-order valence-electron chi connectivity index (χ1n) is 12.5.